The summed E-state index contributed by atoms with van der Waals surface area (Å²) >= 11 is 0. The Kier molecular flexibility index (Phi) is 2.81. The first-order valence-electron chi connectivity index (χ1n) is 6.35. The van der Waals surface area contributed by atoms with Gasteiger partial charge in [0.25, 0.3) is 0 Å². The molecule has 1 heterocycles. The number of hydrogen-bond acceptors (Lipinski definition) is 4. The minimum Gasteiger partial charge on any atom is -0.618 e. The minimum atomic E-state index is -0.397. The third-order valence-corrected chi connectivity index (χ3v) is 3.38. The van der Waals surface area contributed by atoms with E-state index in [4.69, 9.17) is 4.74 Å². The topological polar surface area (TPSA) is 66.1 Å². The van der Waals surface area contributed by atoms with Gasteiger partial charge in [0.05, 0.1) is 0 Å². The van der Waals surface area contributed by atoms with Crippen LogP contribution in [0.5, 0.6) is 0 Å². The maximum Gasteiger partial charge on any atom is 0.303 e. The van der Waals surface area contributed by atoms with E-state index in [0.29, 0.717) is 28.8 Å². The molecule has 0 aliphatic heterocycles. The van der Waals surface area contributed by atoms with Gasteiger partial charge in [-0.1, -0.05) is 12.1 Å². The molecule has 1 unspecified atom stereocenters. The molecule has 19 heavy (non-hydrogen) atoms. The highest BCUT2D eigenvalue weighted by atomic mass is 16.5. The molecule has 3 rings (SSSR count). The van der Waals surface area contributed by atoms with Gasteiger partial charge in [0.2, 0.25) is 11.2 Å². The third kappa shape index (κ3) is 2.01. The van der Waals surface area contributed by atoms with Crippen LogP contribution >= 0.6 is 0 Å². The van der Waals surface area contributed by atoms with Crippen molar-refractivity contribution in [1.82, 2.24) is 4.98 Å². The van der Waals surface area contributed by atoms with Gasteiger partial charge in [0, 0.05) is 19.4 Å². The molecule has 1 aromatic carbocycles. The van der Waals surface area contributed by atoms with E-state index in [0.717, 1.165) is 17.6 Å². The summed E-state index contributed by atoms with van der Waals surface area (Å²) in [4.78, 5) is 15.6. The fraction of sp³-hybridized carbons (Fsp3) is 0.357. The van der Waals surface area contributed by atoms with E-state index in [2.05, 4.69) is 4.98 Å². The van der Waals surface area contributed by atoms with Crippen LogP contribution in [0.1, 0.15) is 37.3 Å². The molecule has 0 radical (unpaired) electrons. The highest BCUT2D eigenvalue weighted by Gasteiger charge is 2.31. The lowest BCUT2D eigenvalue weighted by molar-refractivity contribution is -0.587. The van der Waals surface area contributed by atoms with Crippen molar-refractivity contribution in [2.45, 2.75) is 32.3 Å². The van der Waals surface area contributed by atoms with Crippen LogP contribution in [-0.4, -0.2) is 11.0 Å². The lowest BCUT2D eigenvalue weighted by Gasteiger charge is -2.23. The van der Waals surface area contributed by atoms with Crippen molar-refractivity contribution in [2.24, 2.45) is 0 Å². The fourth-order valence-corrected chi connectivity index (χ4v) is 2.57. The van der Waals surface area contributed by atoms with Crippen molar-refractivity contribution < 1.29 is 14.3 Å². The van der Waals surface area contributed by atoms with Crippen molar-refractivity contribution in [3.05, 3.63) is 40.9 Å². The molecule has 5 nitrogen and oxygen atoms in total. The van der Waals surface area contributed by atoms with Gasteiger partial charge in [-0.15, -0.1) is 0 Å². The van der Waals surface area contributed by atoms with Crippen LogP contribution in [0.4, 0.5) is 0 Å². The van der Waals surface area contributed by atoms with Gasteiger partial charge in [-0.05, 0) is 18.9 Å². The van der Waals surface area contributed by atoms with Crippen LogP contribution in [0.15, 0.2) is 24.3 Å². The Bertz CT molecular complexity index is 654. The molecule has 0 saturated carbocycles. The van der Waals surface area contributed by atoms with Crippen LogP contribution in [0.2, 0.25) is 0 Å². The second-order valence-corrected chi connectivity index (χ2v) is 4.72. The summed E-state index contributed by atoms with van der Waals surface area (Å²) in [6, 6.07) is 7.21. The van der Waals surface area contributed by atoms with E-state index in [1.165, 1.54) is 6.92 Å². The smallest absolute Gasteiger partial charge is 0.303 e. The van der Waals surface area contributed by atoms with Crippen molar-refractivity contribution in [3.8, 4) is 0 Å². The first-order chi connectivity index (χ1) is 9.16. The largest absolute Gasteiger partial charge is 0.618 e. The molecule has 0 amide bonds. The molecule has 98 valence electrons. The van der Waals surface area contributed by atoms with Gasteiger partial charge >= 0.3 is 5.97 Å². The summed E-state index contributed by atoms with van der Waals surface area (Å²) in [6.45, 7) is 1.38. The summed E-state index contributed by atoms with van der Waals surface area (Å²) in [5.74, 6) is -0.342. The SMILES string of the molecule is CC(=O)OC1CCCc2c1nc1ccccc1[n+]2[O-]. The number of para-hydroxylation sites is 2. The molecule has 0 saturated heterocycles. The highest BCUT2D eigenvalue weighted by molar-refractivity contribution is 5.71. The van der Waals surface area contributed by atoms with Crippen LogP contribution in [0.3, 0.4) is 0 Å². The average molecular weight is 258 g/mol. The number of ether oxygens (including phenoxy) is 1. The van der Waals surface area contributed by atoms with Crippen LogP contribution in [-0.2, 0) is 16.0 Å². The van der Waals surface area contributed by atoms with E-state index >= 15 is 0 Å². The zero-order valence-corrected chi connectivity index (χ0v) is 10.6. The lowest BCUT2D eigenvalue weighted by atomic mass is 9.97. The maximum absolute atomic E-state index is 12.3. The Morgan fingerprint density at radius 3 is 3.05 bits per heavy atom. The molecule has 1 atom stereocenters. The lowest BCUT2D eigenvalue weighted by Crippen LogP contribution is -2.38. The Balaban J connectivity index is 2.18. The quantitative estimate of drug-likeness (QED) is 0.444. The Morgan fingerprint density at radius 1 is 1.47 bits per heavy atom. The van der Waals surface area contributed by atoms with Crippen molar-refractivity contribution in [1.29, 1.82) is 0 Å². The number of benzene rings is 1. The molecule has 5 heteroatoms. The standard InChI is InChI=1S/C14H14N2O3/c1-9(17)19-13-8-4-7-12-14(13)15-10-5-2-3-6-11(10)16(12)18/h2-3,5-6,13H,4,7-8H2,1H3. The molecule has 1 aromatic heterocycles. The number of fused-ring (bicyclic) bond motifs is 2. The first kappa shape index (κ1) is 11.9. The number of rotatable bonds is 1. The average Bonchev–Trinajstić information content (AvgIpc) is 2.40. The molecular formula is C14H14N2O3. The highest BCUT2D eigenvalue weighted by Crippen LogP contribution is 2.30. The fourth-order valence-electron chi connectivity index (χ4n) is 2.57. The van der Waals surface area contributed by atoms with Crippen molar-refractivity contribution >= 4 is 17.0 Å². The van der Waals surface area contributed by atoms with Crippen LogP contribution in [0, 0.1) is 5.21 Å². The van der Waals surface area contributed by atoms with Gasteiger partial charge in [-0.3, -0.25) is 4.79 Å². The monoisotopic (exact) mass is 258 g/mol. The molecule has 2 aromatic rings. The van der Waals surface area contributed by atoms with Crippen molar-refractivity contribution in [3.63, 3.8) is 0 Å². The number of hydrogen-bond donors (Lipinski definition) is 0. The Labute approximate surface area is 110 Å². The van der Waals surface area contributed by atoms with E-state index in [-0.39, 0.29) is 5.97 Å². The van der Waals surface area contributed by atoms with Gasteiger partial charge in [-0.2, -0.15) is 4.73 Å². The molecule has 1 aliphatic carbocycles. The van der Waals surface area contributed by atoms with E-state index in [1.807, 2.05) is 12.1 Å². The number of aromatic nitrogens is 2. The Hall–Kier alpha value is -2.17. The van der Waals surface area contributed by atoms with E-state index in [9.17, 15) is 10.0 Å². The molecule has 0 fully saturated rings. The zero-order valence-electron chi connectivity index (χ0n) is 10.6. The molecule has 0 bridgehead atoms. The van der Waals surface area contributed by atoms with E-state index < -0.39 is 6.10 Å². The molecule has 0 N–H and O–H groups in total. The van der Waals surface area contributed by atoms with Gasteiger partial charge in [0.15, 0.2) is 6.10 Å². The maximum atomic E-state index is 12.3. The summed E-state index contributed by atoms with van der Waals surface area (Å²) in [5, 5.41) is 12.3. The second-order valence-electron chi connectivity index (χ2n) is 4.72. The number of carbonyl (C=O) groups excluding carboxylic acids is 1. The number of nitrogens with zero attached hydrogens (tertiary/aromatic N) is 2. The summed E-state index contributed by atoms with van der Waals surface area (Å²) < 4.78 is 6.19. The third-order valence-electron chi connectivity index (χ3n) is 3.38. The van der Waals surface area contributed by atoms with E-state index in [1.54, 1.807) is 12.1 Å². The molecule has 1 aliphatic rings. The summed E-state index contributed by atoms with van der Waals surface area (Å²) in [5.41, 5.74) is 2.42. The van der Waals surface area contributed by atoms with Gasteiger partial charge < -0.3 is 9.94 Å². The van der Waals surface area contributed by atoms with Crippen molar-refractivity contribution in [2.75, 3.05) is 0 Å². The second kappa shape index (κ2) is 4.50. The summed E-state index contributed by atoms with van der Waals surface area (Å²) in [7, 11) is 0. The summed E-state index contributed by atoms with van der Waals surface area (Å²) in [6.07, 6.45) is 1.82. The normalized spacial score (nSPS) is 18.1. The Morgan fingerprint density at radius 2 is 2.26 bits per heavy atom. The van der Waals surface area contributed by atoms with Gasteiger partial charge in [0.1, 0.15) is 11.2 Å². The van der Waals surface area contributed by atoms with Crippen LogP contribution < -0.4 is 4.73 Å². The molecular weight excluding hydrogens is 244 g/mol. The van der Waals surface area contributed by atoms with Crippen LogP contribution in [0.25, 0.3) is 11.0 Å². The predicted molar refractivity (Wildman–Crippen MR) is 68.1 cm³/mol. The minimum absolute atomic E-state index is 0.342. The predicted octanol–water partition coefficient (Wildman–Crippen LogP) is 1.81. The number of carbonyl (C=O) groups is 1. The first-order valence-corrected chi connectivity index (χ1v) is 6.35. The van der Waals surface area contributed by atoms with Gasteiger partial charge in [-0.25, -0.2) is 4.98 Å². The number of esters is 1. The zero-order chi connectivity index (χ0) is 13.4. The molecule has 0 spiro atoms.